The van der Waals surface area contributed by atoms with E-state index in [2.05, 4.69) is 4.98 Å². The standard InChI is InChI=1S/C18H12ClNO3/c19-17-15(6-3-9-20-17)18(22)23-11-16(21)14-8-7-12-4-1-2-5-13(12)10-14/h1-10H,11H2. The second kappa shape index (κ2) is 6.58. The first kappa shape index (κ1) is 15.2. The summed E-state index contributed by atoms with van der Waals surface area (Å²) in [5.41, 5.74) is 0.634. The lowest BCUT2D eigenvalue weighted by atomic mass is 10.0. The maximum atomic E-state index is 12.2. The summed E-state index contributed by atoms with van der Waals surface area (Å²) in [7, 11) is 0. The normalized spacial score (nSPS) is 10.5. The highest BCUT2D eigenvalue weighted by atomic mass is 35.5. The fraction of sp³-hybridized carbons (Fsp3) is 0.0556. The zero-order valence-corrected chi connectivity index (χ0v) is 12.8. The van der Waals surface area contributed by atoms with E-state index in [9.17, 15) is 9.59 Å². The number of ketones is 1. The Labute approximate surface area is 137 Å². The number of halogens is 1. The molecule has 0 atom stereocenters. The Balaban J connectivity index is 1.71. The van der Waals surface area contributed by atoms with Gasteiger partial charge in [0.05, 0.1) is 5.56 Å². The summed E-state index contributed by atoms with van der Waals surface area (Å²) >= 11 is 5.82. The Morgan fingerprint density at radius 2 is 1.78 bits per heavy atom. The lowest BCUT2D eigenvalue weighted by molar-refractivity contribution is 0.0474. The van der Waals surface area contributed by atoms with Gasteiger partial charge in [0, 0.05) is 11.8 Å². The number of carbonyl (C=O) groups is 2. The number of ether oxygens (including phenoxy) is 1. The lowest BCUT2D eigenvalue weighted by Gasteiger charge is -2.06. The first-order valence-electron chi connectivity index (χ1n) is 6.95. The minimum Gasteiger partial charge on any atom is -0.454 e. The molecule has 5 heteroatoms. The van der Waals surface area contributed by atoms with Gasteiger partial charge in [-0.15, -0.1) is 0 Å². The van der Waals surface area contributed by atoms with Crippen LogP contribution >= 0.6 is 11.6 Å². The van der Waals surface area contributed by atoms with Gasteiger partial charge < -0.3 is 4.74 Å². The first-order valence-corrected chi connectivity index (χ1v) is 7.32. The second-order valence-electron chi connectivity index (χ2n) is 4.90. The van der Waals surface area contributed by atoms with Crippen molar-refractivity contribution in [2.45, 2.75) is 0 Å². The smallest absolute Gasteiger partial charge is 0.341 e. The van der Waals surface area contributed by atoms with Crippen molar-refractivity contribution in [3.05, 3.63) is 77.1 Å². The van der Waals surface area contributed by atoms with Crippen LogP contribution in [0.5, 0.6) is 0 Å². The number of fused-ring (bicyclic) bond motifs is 1. The van der Waals surface area contributed by atoms with Crippen LogP contribution in [0.25, 0.3) is 10.8 Å². The van der Waals surface area contributed by atoms with Crippen molar-refractivity contribution in [3.63, 3.8) is 0 Å². The second-order valence-corrected chi connectivity index (χ2v) is 5.26. The van der Waals surface area contributed by atoms with Crippen LogP contribution in [0.4, 0.5) is 0 Å². The molecule has 0 bridgehead atoms. The largest absolute Gasteiger partial charge is 0.454 e. The molecule has 0 fully saturated rings. The molecule has 0 saturated heterocycles. The highest BCUT2D eigenvalue weighted by Gasteiger charge is 2.15. The van der Waals surface area contributed by atoms with Gasteiger partial charge in [-0.25, -0.2) is 9.78 Å². The molecule has 0 spiro atoms. The molecule has 4 nitrogen and oxygen atoms in total. The number of Topliss-reactive ketones (excluding diaryl/α,β-unsaturated/α-hetero) is 1. The molecule has 1 heterocycles. The van der Waals surface area contributed by atoms with Crippen molar-refractivity contribution in [1.29, 1.82) is 0 Å². The van der Waals surface area contributed by atoms with E-state index in [1.54, 1.807) is 18.2 Å². The van der Waals surface area contributed by atoms with Gasteiger partial charge in [0.2, 0.25) is 0 Å². The molecular weight excluding hydrogens is 314 g/mol. The van der Waals surface area contributed by atoms with E-state index in [4.69, 9.17) is 16.3 Å². The van der Waals surface area contributed by atoms with Gasteiger partial charge in [-0.2, -0.15) is 0 Å². The van der Waals surface area contributed by atoms with Crippen LogP contribution in [-0.2, 0) is 4.74 Å². The number of aromatic nitrogens is 1. The van der Waals surface area contributed by atoms with E-state index < -0.39 is 5.97 Å². The summed E-state index contributed by atoms with van der Waals surface area (Å²) in [6.45, 7) is -0.345. The Bertz CT molecular complexity index is 892. The summed E-state index contributed by atoms with van der Waals surface area (Å²) in [5, 5.41) is 2.05. The molecule has 0 aliphatic carbocycles. The third-order valence-electron chi connectivity index (χ3n) is 3.38. The monoisotopic (exact) mass is 325 g/mol. The number of hydrogen-bond donors (Lipinski definition) is 0. The van der Waals surface area contributed by atoms with Gasteiger partial charge in [0.25, 0.3) is 0 Å². The molecule has 0 amide bonds. The van der Waals surface area contributed by atoms with Crippen LogP contribution in [0.15, 0.2) is 60.8 Å². The van der Waals surface area contributed by atoms with Gasteiger partial charge >= 0.3 is 5.97 Å². The minimum atomic E-state index is -0.669. The number of esters is 1. The minimum absolute atomic E-state index is 0.0515. The molecular formula is C18H12ClNO3. The fourth-order valence-electron chi connectivity index (χ4n) is 2.19. The Kier molecular flexibility index (Phi) is 4.35. The average Bonchev–Trinajstić information content (AvgIpc) is 2.59. The van der Waals surface area contributed by atoms with Crippen molar-refractivity contribution < 1.29 is 14.3 Å². The molecule has 0 radical (unpaired) electrons. The van der Waals surface area contributed by atoms with Crippen molar-refractivity contribution >= 4 is 34.1 Å². The molecule has 23 heavy (non-hydrogen) atoms. The van der Waals surface area contributed by atoms with Gasteiger partial charge in [0.1, 0.15) is 5.15 Å². The molecule has 1 aromatic heterocycles. The molecule has 0 N–H and O–H groups in total. The highest BCUT2D eigenvalue weighted by Crippen LogP contribution is 2.17. The molecule has 0 aliphatic rings. The molecule has 0 saturated carbocycles. The highest BCUT2D eigenvalue weighted by molar-refractivity contribution is 6.32. The number of nitrogens with zero attached hydrogens (tertiary/aromatic N) is 1. The van der Waals surface area contributed by atoms with Crippen molar-refractivity contribution in [2.75, 3.05) is 6.61 Å². The van der Waals surface area contributed by atoms with Crippen molar-refractivity contribution in [1.82, 2.24) is 4.98 Å². The molecule has 2 aromatic carbocycles. The third-order valence-corrected chi connectivity index (χ3v) is 3.69. The molecule has 3 rings (SSSR count). The van der Waals surface area contributed by atoms with Crippen LogP contribution in [0, 0.1) is 0 Å². The van der Waals surface area contributed by atoms with Gasteiger partial charge in [-0.05, 0) is 29.0 Å². The average molecular weight is 326 g/mol. The van der Waals surface area contributed by atoms with Crippen LogP contribution in [0.2, 0.25) is 5.15 Å². The summed E-state index contributed by atoms with van der Waals surface area (Å²) < 4.78 is 5.02. The summed E-state index contributed by atoms with van der Waals surface area (Å²) in [4.78, 5) is 27.9. The maximum absolute atomic E-state index is 12.2. The fourth-order valence-corrected chi connectivity index (χ4v) is 2.39. The van der Waals surface area contributed by atoms with E-state index in [1.165, 1.54) is 12.3 Å². The van der Waals surface area contributed by atoms with E-state index in [-0.39, 0.29) is 23.1 Å². The molecule has 0 aliphatic heterocycles. The Morgan fingerprint density at radius 3 is 2.57 bits per heavy atom. The van der Waals surface area contributed by atoms with Crippen molar-refractivity contribution in [2.24, 2.45) is 0 Å². The lowest BCUT2D eigenvalue weighted by Crippen LogP contribution is -2.14. The van der Waals surface area contributed by atoms with Crippen LogP contribution in [0.3, 0.4) is 0 Å². The number of carbonyl (C=O) groups excluding carboxylic acids is 2. The van der Waals surface area contributed by atoms with E-state index in [1.807, 2.05) is 30.3 Å². The summed E-state index contributed by atoms with van der Waals surface area (Å²) in [5.74, 6) is -0.943. The van der Waals surface area contributed by atoms with Crippen LogP contribution in [-0.4, -0.2) is 23.3 Å². The van der Waals surface area contributed by atoms with E-state index >= 15 is 0 Å². The number of benzene rings is 2. The third kappa shape index (κ3) is 3.38. The predicted octanol–water partition coefficient (Wildman–Crippen LogP) is 3.93. The summed E-state index contributed by atoms with van der Waals surface area (Å²) in [6.07, 6.45) is 1.47. The number of rotatable bonds is 4. The number of hydrogen-bond acceptors (Lipinski definition) is 4. The molecule has 114 valence electrons. The maximum Gasteiger partial charge on any atom is 0.341 e. The SMILES string of the molecule is O=C(COC(=O)c1cccnc1Cl)c1ccc2ccccc2c1. The van der Waals surface area contributed by atoms with Crippen LogP contribution in [0.1, 0.15) is 20.7 Å². The van der Waals surface area contributed by atoms with Gasteiger partial charge in [0.15, 0.2) is 12.4 Å². The van der Waals surface area contributed by atoms with Crippen LogP contribution < -0.4 is 0 Å². The van der Waals surface area contributed by atoms with E-state index in [0.717, 1.165) is 10.8 Å². The summed E-state index contributed by atoms with van der Waals surface area (Å²) in [6, 6.07) is 16.2. The topological polar surface area (TPSA) is 56.3 Å². The first-order chi connectivity index (χ1) is 11.1. The zero-order chi connectivity index (χ0) is 16.2. The number of pyridine rings is 1. The van der Waals surface area contributed by atoms with E-state index in [0.29, 0.717) is 5.56 Å². The Morgan fingerprint density at radius 1 is 1.00 bits per heavy atom. The zero-order valence-electron chi connectivity index (χ0n) is 12.0. The molecule has 0 unspecified atom stereocenters. The molecule has 3 aromatic rings. The van der Waals surface area contributed by atoms with Gasteiger partial charge in [-0.1, -0.05) is 48.0 Å². The van der Waals surface area contributed by atoms with Crippen molar-refractivity contribution in [3.8, 4) is 0 Å². The Hall–Kier alpha value is -2.72. The van der Waals surface area contributed by atoms with Gasteiger partial charge in [-0.3, -0.25) is 4.79 Å². The quantitative estimate of drug-likeness (QED) is 0.414. The predicted molar refractivity (Wildman–Crippen MR) is 87.8 cm³/mol.